The summed E-state index contributed by atoms with van der Waals surface area (Å²) in [5.41, 5.74) is 0. The van der Waals surface area contributed by atoms with Gasteiger partial charge in [-0.25, -0.2) is 0 Å². The Kier molecular flexibility index (Phi) is 20200. The van der Waals surface area contributed by atoms with Crippen molar-refractivity contribution in [1.82, 2.24) is 24.6 Å². The number of hydrogen-bond acceptors (Lipinski definition) is 4. The largest absolute Gasteiger partial charge is 0.344 e. The molecule has 10 heavy (non-hydrogen) atoms. The smallest absolute Gasteiger partial charge is 0.147 e. The fraction of sp³-hybridized carbons (Fsp3) is 0. The van der Waals surface area contributed by atoms with E-state index >= 15 is 0 Å². The first kappa shape index (κ1) is 519. The van der Waals surface area contributed by atoms with Gasteiger partial charge in [0.2, 0.25) is 0 Å². The average Bonchev–Trinajstić information content (AvgIpc) is 0. The van der Waals surface area contributed by atoms with Crippen LogP contribution in [0.15, 0.2) is 0 Å². The van der Waals surface area contributed by atoms with Crippen LogP contribution in [0.4, 0.5) is 0 Å². The minimum atomic E-state index is 0. The van der Waals surface area contributed by atoms with Crippen molar-refractivity contribution in [2.75, 3.05) is 0 Å². The van der Waals surface area contributed by atoms with Crippen molar-refractivity contribution in [2.24, 2.45) is 0 Å². The Morgan fingerprint density at radius 1 is 0.200 bits per heavy atom. The maximum atomic E-state index is 0. The zero-order valence-corrected chi connectivity index (χ0v) is 10.2. The number of rotatable bonds is 0. The Balaban J connectivity index is 0. The molecule has 10 heteroatoms. The van der Waals surface area contributed by atoms with Crippen LogP contribution in [0.2, 0.25) is 0 Å². The molecule has 0 saturated heterocycles. The van der Waals surface area contributed by atoms with Crippen molar-refractivity contribution < 1.29 is 0 Å². The van der Waals surface area contributed by atoms with E-state index in [9.17, 15) is 0 Å². The Morgan fingerprint density at radius 2 is 0.200 bits per heavy atom. The molecule has 0 unspecified atom stereocenters. The molecular weight excluding hydrogens is 269 g/mol. The topological polar surface area (TPSA) is 140 Å². The van der Waals surface area contributed by atoms with Gasteiger partial charge in [0.1, 0.15) is 0 Å². The number of halogens is 6. The molecule has 4 nitrogen and oxygen atoms in total. The van der Waals surface area contributed by atoms with E-state index < -0.39 is 0 Å². The average molecular weight is 287 g/mol. The third-order valence-corrected chi connectivity index (χ3v) is 0. The molecule has 0 aliphatic carbocycles. The summed E-state index contributed by atoms with van der Waals surface area (Å²) in [5.74, 6) is 0. The van der Waals surface area contributed by atoms with Gasteiger partial charge in [-0.15, -0.1) is 74.4 Å². The lowest BCUT2D eigenvalue weighted by molar-refractivity contribution is 2.13. The molecule has 12 N–H and O–H groups in total. The molecule has 0 amide bonds. The highest BCUT2D eigenvalue weighted by atomic mass is 35.5. The van der Waals surface area contributed by atoms with Crippen LogP contribution in [0.3, 0.4) is 0 Å². The molecule has 0 aromatic carbocycles. The van der Waals surface area contributed by atoms with Gasteiger partial charge in [-0.2, -0.15) is 0 Å². The zero-order valence-electron chi connectivity index (χ0n) is 5.28. The fourth-order valence-electron chi connectivity index (χ4n) is 0. The third kappa shape index (κ3) is 283. The lowest BCUT2D eigenvalue weighted by Crippen LogP contribution is -0.482. The summed E-state index contributed by atoms with van der Waals surface area (Å²) < 4.78 is 0. The van der Waals surface area contributed by atoms with E-state index in [2.05, 4.69) is 0 Å². The second kappa shape index (κ2) is 389. The van der Waals surface area contributed by atoms with Gasteiger partial charge in [-0.3, -0.25) is 0 Å². The highest BCUT2D eigenvalue weighted by Gasteiger charge is -0.141. The maximum absolute atomic E-state index is 0. The molecule has 0 spiro atoms. The summed E-state index contributed by atoms with van der Waals surface area (Å²) in [6, 6.07) is 0. The number of hydrogen-bond donors (Lipinski definition) is 4. The summed E-state index contributed by atoms with van der Waals surface area (Å²) >= 11 is 0. The van der Waals surface area contributed by atoms with Gasteiger partial charge in [0, 0.05) is 0 Å². The van der Waals surface area contributed by atoms with E-state index in [1.165, 1.54) is 0 Å². The van der Waals surface area contributed by atoms with Gasteiger partial charge in [-0.05, 0) is 0 Å². The molecule has 0 aliphatic rings. The molecule has 0 radical (unpaired) electrons. The van der Waals surface area contributed by atoms with Crippen LogP contribution >= 0.6 is 74.4 Å². The molecule has 0 fully saturated rings. The lowest BCUT2D eigenvalue weighted by atomic mass is 14.0. The zero-order chi connectivity index (χ0) is 0. The second-order valence-electron chi connectivity index (χ2n) is 0. The van der Waals surface area contributed by atoms with Crippen LogP contribution in [-0.4, -0.2) is 0 Å². The normalized spacial score (nSPS) is 0. The Morgan fingerprint density at radius 3 is 0.200 bits per heavy atom. The SMILES string of the molecule is Cl.Cl.Cl.Cl.Cl.Cl.N.N.N.N. The van der Waals surface area contributed by atoms with E-state index in [0.717, 1.165) is 0 Å². The van der Waals surface area contributed by atoms with Gasteiger partial charge in [-0.1, -0.05) is 0 Å². The van der Waals surface area contributed by atoms with Crippen molar-refractivity contribution in [3.05, 3.63) is 0 Å². The molecule has 0 aromatic heterocycles. The minimum Gasteiger partial charge on any atom is -0.344 e. The van der Waals surface area contributed by atoms with Crippen molar-refractivity contribution in [3.8, 4) is 0 Å². The predicted molar refractivity (Wildman–Crippen MR) is 63.6 cm³/mol. The molecular formula is H18Cl6N4. The van der Waals surface area contributed by atoms with E-state index in [1.54, 1.807) is 0 Å². The quantitative estimate of drug-likeness (QED) is 0.542. The van der Waals surface area contributed by atoms with Crippen molar-refractivity contribution in [1.29, 1.82) is 0 Å². The van der Waals surface area contributed by atoms with Crippen LogP contribution in [0.5, 0.6) is 0 Å². The Bertz CT molecular complexity index is 9.71. The first-order valence-corrected chi connectivity index (χ1v) is 0. The second-order valence-corrected chi connectivity index (χ2v) is 0. The molecule has 80 valence electrons. The van der Waals surface area contributed by atoms with E-state index in [1.807, 2.05) is 0 Å². The van der Waals surface area contributed by atoms with E-state index in [0.29, 0.717) is 0 Å². The first-order valence-electron chi connectivity index (χ1n) is 0. The molecule has 0 bridgehead atoms. The van der Waals surface area contributed by atoms with Gasteiger partial charge in [0.05, 0.1) is 0 Å². The summed E-state index contributed by atoms with van der Waals surface area (Å²) in [6.07, 6.45) is 0. The van der Waals surface area contributed by atoms with Crippen LogP contribution in [-0.2, 0) is 0 Å². The molecule has 0 heterocycles. The third-order valence-electron chi connectivity index (χ3n) is 0. The van der Waals surface area contributed by atoms with Crippen LogP contribution in [0, 0.1) is 0 Å². The Hall–Kier alpha value is 1.58. The molecule has 0 aliphatic heterocycles. The first-order chi connectivity index (χ1) is 0. The highest BCUT2D eigenvalue weighted by Crippen LogP contribution is 0.695. The lowest BCUT2D eigenvalue weighted by Gasteiger charge is -0.345. The summed E-state index contributed by atoms with van der Waals surface area (Å²) in [6.45, 7) is 0. The molecule has 0 rings (SSSR count). The van der Waals surface area contributed by atoms with Crippen molar-refractivity contribution in [3.63, 3.8) is 0 Å². The predicted octanol–water partition coefficient (Wildman–Crippen LogP) is 3.18. The maximum Gasteiger partial charge on any atom is -0.147 e. The summed E-state index contributed by atoms with van der Waals surface area (Å²) in [5, 5.41) is 0. The van der Waals surface area contributed by atoms with Gasteiger partial charge in [0.25, 0.3) is 0 Å². The molecule has 0 aromatic rings. The van der Waals surface area contributed by atoms with Gasteiger partial charge >= 0.3 is 0 Å². The van der Waals surface area contributed by atoms with Crippen LogP contribution in [0.1, 0.15) is 0 Å². The summed E-state index contributed by atoms with van der Waals surface area (Å²) in [7, 11) is 0. The minimum absolute atomic E-state index is 0. The molecule has 0 saturated carbocycles. The van der Waals surface area contributed by atoms with Crippen molar-refractivity contribution >= 4 is 74.4 Å². The molecule has 0 atom stereocenters. The monoisotopic (exact) mass is 284 g/mol. The summed E-state index contributed by atoms with van der Waals surface area (Å²) in [4.78, 5) is 0. The Labute approximate surface area is 98.8 Å². The van der Waals surface area contributed by atoms with Crippen LogP contribution < -0.4 is 24.6 Å². The fourth-order valence-corrected chi connectivity index (χ4v) is 0. The standard InChI is InChI=1S/6ClH.4H3N/h6*1H;4*1H3. The van der Waals surface area contributed by atoms with Gasteiger partial charge in [0.15, 0.2) is 0 Å². The van der Waals surface area contributed by atoms with Crippen molar-refractivity contribution in [2.45, 2.75) is 0 Å². The van der Waals surface area contributed by atoms with E-state index in [4.69, 9.17) is 0 Å². The highest BCUT2D eigenvalue weighted by molar-refractivity contribution is 5.86. The van der Waals surface area contributed by atoms with Crippen LogP contribution in [0.25, 0.3) is 0 Å². The van der Waals surface area contributed by atoms with Gasteiger partial charge < -0.3 is 24.6 Å². The van der Waals surface area contributed by atoms with E-state index in [-0.39, 0.29) is 99.0 Å².